The molecule has 32 heavy (non-hydrogen) atoms. The highest BCUT2D eigenvalue weighted by atomic mass is 127. The van der Waals surface area contributed by atoms with Crippen molar-refractivity contribution in [2.45, 2.75) is 46.9 Å². The molecule has 8 heteroatoms. The Labute approximate surface area is 208 Å². The van der Waals surface area contributed by atoms with Gasteiger partial charge in [0.1, 0.15) is 11.5 Å². The lowest BCUT2D eigenvalue weighted by Gasteiger charge is -2.17. The number of aliphatic imine (C=N–C) groups is 1. The van der Waals surface area contributed by atoms with Crippen molar-refractivity contribution in [1.82, 2.24) is 16.0 Å². The molecule has 0 aliphatic rings. The van der Waals surface area contributed by atoms with Gasteiger partial charge in [-0.05, 0) is 57.0 Å². The molecule has 176 valence electrons. The fourth-order valence-corrected chi connectivity index (χ4v) is 2.90. The molecule has 1 amide bonds. The van der Waals surface area contributed by atoms with Gasteiger partial charge in [-0.25, -0.2) is 0 Å². The number of benzene rings is 2. The SMILES string of the molecule is CCNC(=O)COc1cccc(CNC(=NC)NCc2ccc(C)cc2OC(C)C)c1.I. The first kappa shape index (κ1) is 27.5. The van der Waals surface area contributed by atoms with Crippen LogP contribution in [0.25, 0.3) is 0 Å². The molecular formula is C24H35IN4O3. The fourth-order valence-electron chi connectivity index (χ4n) is 2.90. The lowest BCUT2D eigenvalue weighted by Crippen LogP contribution is -2.36. The first-order chi connectivity index (χ1) is 14.9. The molecule has 0 saturated carbocycles. The van der Waals surface area contributed by atoms with Gasteiger partial charge in [0, 0.05) is 32.2 Å². The summed E-state index contributed by atoms with van der Waals surface area (Å²) >= 11 is 0. The van der Waals surface area contributed by atoms with Crippen LogP contribution in [0.2, 0.25) is 0 Å². The van der Waals surface area contributed by atoms with Crippen molar-refractivity contribution in [3.8, 4) is 11.5 Å². The number of halogens is 1. The van der Waals surface area contributed by atoms with Crippen LogP contribution in [0.3, 0.4) is 0 Å². The highest BCUT2D eigenvalue weighted by Gasteiger charge is 2.08. The topological polar surface area (TPSA) is 84.0 Å². The highest BCUT2D eigenvalue weighted by molar-refractivity contribution is 14.0. The number of carbonyl (C=O) groups excluding carboxylic acids is 1. The molecule has 0 heterocycles. The van der Waals surface area contributed by atoms with Crippen molar-refractivity contribution in [1.29, 1.82) is 0 Å². The number of guanidine groups is 1. The molecule has 0 atom stereocenters. The number of hydrogen-bond donors (Lipinski definition) is 3. The fraction of sp³-hybridized carbons (Fsp3) is 0.417. The summed E-state index contributed by atoms with van der Waals surface area (Å²) in [5.41, 5.74) is 3.26. The van der Waals surface area contributed by atoms with Crippen LogP contribution in [0.4, 0.5) is 0 Å². The second-order valence-electron chi connectivity index (χ2n) is 7.45. The van der Waals surface area contributed by atoms with Gasteiger partial charge < -0.3 is 25.4 Å². The van der Waals surface area contributed by atoms with Crippen LogP contribution < -0.4 is 25.4 Å². The van der Waals surface area contributed by atoms with E-state index in [1.165, 1.54) is 0 Å². The van der Waals surface area contributed by atoms with Crippen molar-refractivity contribution in [2.24, 2.45) is 4.99 Å². The third-order valence-corrected chi connectivity index (χ3v) is 4.36. The summed E-state index contributed by atoms with van der Waals surface area (Å²) in [5, 5.41) is 9.35. The number of carbonyl (C=O) groups is 1. The Kier molecular flexibility index (Phi) is 12.5. The summed E-state index contributed by atoms with van der Waals surface area (Å²) in [6.45, 7) is 9.74. The minimum absolute atomic E-state index is 0. The number of nitrogens with one attached hydrogen (secondary N) is 3. The first-order valence-corrected chi connectivity index (χ1v) is 10.6. The van der Waals surface area contributed by atoms with Crippen molar-refractivity contribution >= 4 is 35.8 Å². The molecule has 0 aromatic heterocycles. The maximum Gasteiger partial charge on any atom is 0.257 e. The number of likely N-dealkylation sites (N-methyl/N-ethyl adjacent to an activating group) is 1. The Balaban J connectivity index is 0.00000512. The second kappa shape index (κ2) is 14.5. The van der Waals surface area contributed by atoms with Crippen LogP contribution in [0, 0.1) is 6.92 Å². The van der Waals surface area contributed by atoms with Crippen LogP contribution >= 0.6 is 24.0 Å². The van der Waals surface area contributed by atoms with Crippen molar-refractivity contribution < 1.29 is 14.3 Å². The third kappa shape index (κ3) is 9.76. The van der Waals surface area contributed by atoms with E-state index in [1.807, 2.05) is 45.0 Å². The zero-order valence-electron chi connectivity index (χ0n) is 19.5. The van der Waals surface area contributed by atoms with E-state index in [9.17, 15) is 4.79 Å². The zero-order chi connectivity index (χ0) is 22.6. The largest absolute Gasteiger partial charge is 0.491 e. The number of hydrogen-bond acceptors (Lipinski definition) is 4. The minimum Gasteiger partial charge on any atom is -0.491 e. The summed E-state index contributed by atoms with van der Waals surface area (Å²) < 4.78 is 11.5. The molecule has 0 spiro atoms. The van der Waals surface area contributed by atoms with Gasteiger partial charge in [-0.2, -0.15) is 0 Å². The smallest absolute Gasteiger partial charge is 0.257 e. The Bertz CT molecular complexity index is 887. The maximum absolute atomic E-state index is 11.6. The molecule has 3 N–H and O–H groups in total. The zero-order valence-corrected chi connectivity index (χ0v) is 21.9. The number of ether oxygens (including phenoxy) is 2. The van der Waals surface area contributed by atoms with Crippen LogP contribution in [0.15, 0.2) is 47.5 Å². The van der Waals surface area contributed by atoms with Crippen LogP contribution in [0.1, 0.15) is 37.5 Å². The predicted octanol–water partition coefficient (Wildman–Crippen LogP) is 3.78. The Hall–Kier alpha value is -2.49. The van der Waals surface area contributed by atoms with Gasteiger partial charge in [-0.15, -0.1) is 24.0 Å². The summed E-state index contributed by atoms with van der Waals surface area (Å²) in [7, 11) is 1.74. The first-order valence-electron chi connectivity index (χ1n) is 10.6. The van der Waals surface area contributed by atoms with Crippen LogP contribution in [-0.2, 0) is 17.9 Å². The van der Waals surface area contributed by atoms with Crippen LogP contribution in [-0.4, -0.2) is 38.2 Å². The number of amides is 1. The van der Waals surface area contributed by atoms with Gasteiger partial charge in [-0.3, -0.25) is 9.79 Å². The number of nitrogens with zero attached hydrogens (tertiary/aromatic N) is 1. The molecule has 0 aliphatic heterocycles. The predicted molar refractivity (Wildman–Crippen MR) is 140 cm³/mol. The van der Waals surface area contributed by atoms with Gasteiger partial charge in [0.05, 0.1) is 6.10 Å². The molecule has 2 aromatic rings. The molecule has 0 bridgehead atoms. The van der Waals surface area contributed by atoms with E-state index in [2.05, 4.69) is 46.1 Å². The minimum atomic E-state index is -0.132. The van der Waals surface area contributed by atoms with E-state index in [-0.39, 0.29) is 42.6 Å². The highest BCUT2D eigenvalue weighted by Crippen LogP contribution is 2.21. The summed E-state index contributed by atoms with van der Waals surface area (Å²) in [6.07, 6.45) is 0.112. The standard InChI is InChI=1S/C24H34N4O3.HI/c1-6-26-23(29)16-30-21-9-7-8-19(13-21)14-27-24(25-5)28-15-20-11-10-18(4)12-22(20)31-17(2)3;/h7-13,17H,6,14-16H2,1-5H3,(H,26,29)(H2,25,27,28);1H. The lowest BCUT2D eigenvalue weighted by atomic mass is 10.1. The molecule has 0 radical (unpaired) electrons. The van der Waals surface area contributed by atoms with E-state index in [4.69, 9.17) is 9.47 Å². The van der Waals surface area contributed by atoms with Gasteiger partial charge in [0.15, 0.2) is 12.6 Å². The average molecular weight is 554 g/mol. The quantitative estimate of drug-likeness (QED) is 0.237. The number of aryl methyl sites for hydroxylation is 1. The normalized spacial score (nSPS) is 10.9. The van der Waals surface area contributed by atoms with E-state index in [0.29, 0.717) is 31.3 Å². The molecule has 0 aliphatic carbocycles. The Morgan fingerprint density at radius 3 is 2.50 bits per heavy atom. The molecule has 0 unspecified atom stereocenters. The lowest BCUT2D eigenvalue weighted by molar-refractivity contribution is -0.122. The molecule has 0 fully saturated rings. The monoisotopic (exact) mass is 554 g/mol. The van der Waals surface area contributed by atoms with Crippen molar-refractivity contribution in [2.75, 3.05) is 20.2 Å². The molecule has 2 aromatic carbocycles. The number of rotatable bonds is 10. The van der Waals surface area contributed by atoms with E-state index in [1.54, 1.807) is 7.05 Å². The maximum atomic E-state index is 11.6. The second-order valence-corrected chi connectivity index (χ2v) is 7.45. The van der Waals surface area contributed by atoms with E-state index < -0.39 is 0 Å². The van der Waals surface area contributed by atoms with Crippen molar-refractivity contribution in [3.05, 3.63) is 59.2 Å². The summed E-state index contributed by atoms with van der Waals surface area (Å²) in [5.74, 6) is 2.09. The molecule has 7 nitrogen and oxygen atoms in total. The van der Waals surface area contributed by atoms with Crippen LogP contribution in [0.5, 0.6) is 11.5 Å². The summed E-state index contributed by atoms with van der Waals surface area (Å²) in [6, 6.07) is 13.8. The Morgan fingerprint density at radius 2 is 1.81 bits per heavy atom. The molecule has 0 saturated heterocycles. The average Bonchev–Trinajstić information content (AvgIpc) is 2.74. The van der Waals surface area contributed by atoms with E-state index >= 15 is 0 Å². The van der Waals surface area contributed by atoms with Gasteiger partial charge in [-0.1, -0.05) is 24.3 Å². The van der Waals surface area contributed by atoms with Crippen molar-refractivity contribution in [3.63, 3.8) is 0 Å². The van der Waals surface area contributed by atoms with E-state index in [0.717, 1.165) is 22.4 Å². The summed E-state index contributed by atoms with van der Waals surface area (Å²) in [4.78, 5) is 15.9. The molecular weight excluding hydrogens is 519 g/mol. The molecule has 2 rings (SSSR count). The van der Waals surface area contributed by atoms with Gasteiger partial charge in [0.2, 0.25) is 0 Å². The van der Waals surface area contributed by atoms with Gasteiger partial charge >= 0.3 is 0 Å². The third-order valence-electron chi connectivity index (χ3n) is 4.36. The Morgan fingerprint density at radius 1 is 1.06 bits per heavy atom. The van der Waals surface area contributed by atoms with Gasteiger partial charge in [0.25, 0.3) is 5.91 Å².